The Labute approximate surface area is 362 Å². The number of carbonyl (C=O) groups excluding carboxylic acids is 1. The number of rotatable bonds is 42. The molecule has 1 fully saturated rings. The van der Waals surface area contributed by atoms with Gasteiger partial charge in [0, 0.05) is 6.42 Å². The number of allylic oxidation sites excluding steroid dienone is 3. The summed E-state index contributed by atoms with van der Waals surface area (Å²) >= 11 is 0. The molecule has 1 aliphatic heterocycles. The van der Waals surface area contributed by atoms with E-state index in [1.54, 1.807) is 6.08 Å². The van der Waals surface area contributed by atoms with E-state index in [9.17, 15) is 30.3 Å². The first-order chi connectivity index (χ1) is 28.8. The van der Waals surface area contributed by atoms with Gasteiger partial charge in [-0.2, -0.15) is 0 Å². The van der Waals surface area contributed by atoms with Crippen molar-refractivity contribution in [1.82, 2.24) is 5.32 Å². The molecular formula is C50H95NO8. The Hall–Kier alpha value is -1.33. The Balaban J connectivity index is 2.33. The van der Waals surface area contributed by atoms with E-state index in [4.69, 9.17) is 9.47 Å². The predicted molar refractivity (Wildman–Crippen MR) is 244 cm³/mol. The van der Waals surface area contributed by atoms with Gasteiger partial charge in [0.25, 0.3) is 0 Å². The van der Waals surface area contributed by atoms with E-state index in [2.05, 4.69) is 31.3 Å². The van der Waals surface area contributed by atoms with E-state index in [-0.39, 0.29) is 12.5 Å². The quantitative estimate of drug-likeness (QED) is 0.0263. The molecule has 1 rings (SSSR count). The maximum absolute atomic E-state index is 13.0. The minimum absolute atomic E-state index is 0.183. The summed E-state index contributed by atoms with van der Waals surface area (Å²) in [6.07, 6.45) is 42.2. The molecule has 1 amide bonds. The molecule has 7 unspecified atom stereocenters. The number of carbonyl (C=O) groups is 1. The molecule has 0 saturated carbocycles. The van der Waals surface area contributed by atoms with Crippen LogP contribution in [0.15, 0.2) is 24.3 Å². The zero-order chi connectivity index (χ0) is 43.0. The summed E-state index contributed by atoms with van der Waals surface area (Å²) in [4.78, 5) is 13.0. The van der Waals surface area contributed by atoms with Crippen LogP contribution >= 0.6 is 0 Å². The van der Waals surface area contributed by atoms with Crippen molar-refractivity contribution in [2.24, 2.45) is 0 Å². The highest BCUT2D eigenvalue weighted by atomic mass is 16.7. The number of ether oxygens (including phenoxy) is 2. The standard InChI is InChI=1S/C50H95NO8/c1-3-5-7-9-11-13-15-17-19-21-23-25-27-29-31-33-35-37-39-44(53)43(42-58-50-49(57)48(56)47(55)45(41-52)59-50)51-46(54)40-38-36-34-32-30-28-26-24-22-20-18-16-14-12-10-8-6-4-2/h29,31,37,39,43-45,47-50,52-53,55-57H,3-28,30,32-36,38,40-42H2,1-2H3,(H,51,54)/b31-29+,39-37+. The second-order valence-corrected chi connectivity index (χ2v) is 17.6. The summed E-state index contributed by atoms with van der Waals surface area (Å²) in [5.74, 6) is -0.183. The van der Waals surface area contributed by atoms with Gasteiger partial charge in [-0.05, 0) is 32.1 Å². The molecule has 1 aliphatic rings. The molecular weight excluding hydrogens is 743 g/mol. The molecule has 9 nitrogen and oxygen atoms in total. The van der Waals surface area contributed by atoms with Gasteiger partial charge in [0.15, 0.2) is 6.29 Å². The molecule has 0 spiro atoms. The molecule has 6 N–H and O–H groups in total. The van der Waals surface area contributed by atoms with Crippen LogP contribution in [0.25, 0.3) is 0 Å². The second kappa shape index (κ2) is 40.7. The first-order valence-corrected chi connectivity index (χ1v) is 25.1. The van der Waals surface area contributed by atoms with Crippen LogP contribution in [0.5, 0.6) is 0 Å². The van der Waals surface area contributed by atoms with E-state index in [0.717, 1.165) is 38.5 Å². The monoisotopic (exact) mass is 838 g/mol. The largest absolute Gasteiger partial charge is 0.394 e. The fraction of sp³-hybridized carbons (Fsp3) is 0.900. The van der Waals surface area contributed by atoms with Gasteiger partial charge in [-0.1, -0.05) is 218 Å². The van der Waals surface area contributed by atoms with Crippen molar-refractivity contribution in [3.05, 3.63) is 24.3 Å². The number of nitrogens with one attached hydrogen (secondary N) is 1. The molecule has 7 atom stereocenters. The van der Waals surface area contributed by atoms with Crippen LogP contribution in [0.1, 0.15) is 232 Å². The summed E-state index contributed by atoms with van der Waals surface area (Å²) in [5.41, 5.74) is 0. The maximum Gasteiger partial charge on any atom is 0.220 e. The van der Waals surface area contributed by atoms with Crippen LogP contribution in [0.2, 0.25) is 0 Å². The molecule has 0 aromatic rings. The minimum Gasteiger partial charge on any atom is -0.394 e. The zero-order valence-electron chi connectivity index (χ0n) is 38.3. The third kappa shape index (κ3) is 31.2. The number of amides is 1. The molecule has 1 heterocycles. The SMILES string of the molecule is CCCCCCCCCCCCCC/C=C/CC/C=C/C(O)C(COC1OC(CO)C(O)C(O)C1O)NC(=O)CCCCCCCCCCCCCCCCCCCC. The van der Waals surface area contributed by atoms with Gasteiger partial charge in [0.1, 0.15) is 24.4 Å². The van der Waals surface area contributed by atoms with Crippen molar-refractivity contribution in [3.63, 3.8) is 0 Å². The topological polar surface area (TPSA) is 149 Å². The summed E-state index contributed by atoms with van der Waals surface area (Å²) < 4.78 is 11.2. The van der Waals surface area contributed by atoms with Gasteiger partial charge in [-0.15, -0.1) is 0 Å². The lowest BCUT2D eigenvalue weighted by Gasteiger charge is -2.40. The van der Waals surface area contributed by atoms with E-state index >= 15 is 0 Å². The maximum atomic E-state index is 13.0. The Kier molecular flexibility index (Phi) is 38.4. The Morgan fingerprint density at radius 1 is 0.559 bits per heavy atom. The predicted octanol–water partition coefficient (Wildman–Crippen LogP) is 11.1. The Morgan fingerprint density at radius 3 is 1.42 bits per heavy atom. The number of aliphatic hydroxyl groups is 5. The van der Waals surface area contributed by atoms with Crippen molar-refractivity contribution < 1.29 is 39.8 Å². The molecule has 0 bridgehead atoms. The second-order valence-electron chi connectivity index (χ2n) is 17.6. The summed E-state index contributed by atoms with van der Waals surface area (Å²) in [5, 5.41) is 54.3. The van der Waals surface area contributed by atoms with Gasteiger partial charge in [0.2, 0.25) is 5.91 Å². The van der Waals surface area contributed by atoms with Crippen LogP contribution in [-0.4, -0.2) is 87.5 Å². The van der Waals surface area contributed by atoms with Gasteiger partial charge < -0.3 is 40.3 Å². The Morgan fingerprint density at radius 2 is 0.966 bits per heavy atom. The molecule has 1 saturated heterocycles. The van der Waals surface area contributed by atoms with Crippen molar-refractivity contribution in [2.45, 2.75) is 275 Å². The van der Waals surface area contributed by atoms with Crippen LogP contribution in [0.3, 0.4) is 0 Å². The van der Waals surface area contributed by atoms with Crippen molar-refractivity contribution in [3.8, 4) is 0 Å². The molecule has 0 aliphatic carbocycles. The van der Waals surface area contributed by atoms with Crippen LogP contribution in [0.4, 0.5) is 0 Å². The number of unbranched alkanes of at least 4 members (excludes halogenated alkanes) is 30. The third-order valence-corrected chi connectivity index (χ3v) is 12.0. The summed E-state index contributed by atoms with van der Waals surface area (Å²) in [6, 6.07) is -0.817. The minimum atomic E-state index is -1.57. The molecule has 9 heteroatoms. The highest BCUT2D eigenvalue weighted by Crippen LogP contribution is 2.23. The molecule has 0 radical (unpaired) electrons. The zero-order valence-corrected chi connectivity index (χ0v) is 38.3. The molecule has 348 valence electrons. The van der Waals surface area contributed by atoms with Crippen LogP contribution < -0.4 is 5.32 Å². The number of aliphatic hydroxyl groups excluding tert-OH is 5. The van der Waals surface area contributed by atoms with Gasteiger partial charge >= 0.3 is 0 Å². The van der Waals surface area contributed by atoms with Gasteiger partial charge in [-0.3, -0.25) is 4.79 Å². The average Bonchev–Trinajstić information content (AvgIpc) is 3.23. The van der Waals surface area contributed by atoms with Crippen molar-refractivity contribution in [2.75, 3.05) is 13.2 Å². The third-order valence-electron chi connectivity index (χ3n) is 12.0. The first-order valence-electron chi connectivity index (χ1n) is 25.1. The average molecular weight is 838 g/mol. The lowest BCUT2D eigenvalue weighted by atomic mass is 9.99. The first kappa shape index (κ1) is 55.7. The molecule has 0 aromatic heterocycles. The van der Waals surface area contributed by atoms with E-state index in [1.165, 1.54) is 173 Å². The number of hydrogen-bond donors (Lipinski definition) is 6. The van der Waals surface area contributed by atoms with Gasteiger partial charge in [0.05, 0.1) is 25.4 Å². The Bertz CT molecular complexity index is 977. The van der Waals surface area contributed by atoms with E-state index in [1.807, 2.05) is 6.08 Å². The fourth-order valence-corrected chi connectivity index (χ4v) is 8.00. The van der Waals surface area contributed by atoms with Crippen LogP contribution in [-0.2, 0) is 14.3 Å². The highest BCUT2D eigenvalue weighted by molar-refractivity contribution is 5.76. The number of hydrogen-bond acceptors (Lipinski definition) is 8. The van der Waals surface area contributed by atoms with Crippen molar-refractivity contribution in [1.29, 1.82) is 0 Å². The summed E-state index contributed by atoms with van der Waals surface area (Å²) in [7, 11) is 0. The normalized spacial score (nSPS) is 20.8. The summed E-state index contributed by atoms with van der Waals surface area (Å²) in [6.45, 7) is 3.78. The van der Waals surface area contributed by atoms with E-state index in [0.29, 0.717) is 6.42 Å². The van der Waals surface area contributed by atoms with Crippen LogP contribution in [0, 0.1) is 0 Å². The molecule has 59 heavy (non-hydrogen) atoms. The molecule has 0 aromatic carbocycles. The van der Waals surface area contributed by atoms with E-state index < -0.39 is 49.5 Å². The van der Waals surface area contributed by atoms with Crippen molar-refractivity contribution >= 4 is 5.91 Å². The lowest BCUT2D eigenvalue weighted by molar-refractivity contribution is -0.302. The highest BCUT2D eigenvalue weighted by Gasteiger charge is 2.44. The fourth-order valence-electron chi connectivity index (χ4n) is 8.00. The lowest BCUT2D eigenvalue weighted by Crippen LogP contribution is -2.60. The smallest absolute Gasteiger partial charge is 0.220 e. The van der Waals surface area contributed by atoms with Gasteiger partial charge in [-0.25, -0.2) is 0 Å².